The number of carbonyl (C=O) groups is 1. The van der Waals surface area contributed by atoms with Crippen molar-refractivity contribution < 1.29 is 13.9 Å². The maximum atomic E-state index is 13.5. The molecule has 2 amide bonds. The SMILES string of the molecule is COc1cccc(F)c1/C(C)=N/NC(N)=O. The van der Waals surface area contributed by atoms with Gasteiger partial charge in [0.15, 0.2) is 0 Å². The van der Waals surface area contributed by atoms with Crippen molar-refractivity contribution in [3.63, 3.8) is 0 Å². The molecule has 86 valence electrons. The Balaban J connectivity index is 3.11. The van der Waals surface area contributed by atoms with Crippen LogP contribution in [0.2, 0.25) is 0 Å². The number of hydrazone groups is 1. The van der Waals surface area contributed by atoms with E-state index in [1.165, 1.54) is 26.2 Å². The first kappa shape index (κ1) is 12.0. The van der Waals surface area contributed by atoms with Gasteiger partial charge in [-0.2, -0.15) is 5.10 Å². The minimum atomic E-state index is -0.811. The number of nitrogens with zero attached hydrogens (tertiary/aromatic N) is 1. The van der Waals surface area contributed by atoms with E-state index in [-0.39, 0.29) is 11.3 Å². The molecule has 0 aliphatic heterocycles. The number of nitrogens with two attached hydrogens (primary N) is 1. The molecule has 0 fully saturated rings. The summed E-state index contributed by atoms with van der Waals surface area (Å²) in [5, 5.41) is 3.64. The van der Waals surface area contributed by atoms with Gasteiger partial charge in [0.2, 0.25) is 0 Å². The largest absolute Gasteiger partial charge is 0.496 e. The van der Waals surface area contributed by atoms with E-state index in [2.05, 4.69) is 5.10 Å². The maximum Gasteiger partial charge on any atom is 0.332 e. The first-order valence-corrected chi connectivity index (χ1v) is 4.49. The summed E-state index contributed by atoms with van der Waals surface area (Å²) in [5.74, 6) is -0.139. The average Bonchev–Trinajstić information content (AvgIpc) is 2.25. The Morgan fingerprint density at radius 1 is 1.56 bits per heavy atom. The number of benzene rings is 1. The molecule has 0 bridgehead atoms. The van der Waals surface area contributed by atoms with Crippen molar-refractivity contribution in [2.75, 3.05) is 7.11 Å². The van der Waals surface area contributed by atoms with E-state index in [0.29, 0.717) is 5.75 Å². The minimum Gasteiger partial charge on any atom is -0.496 e. The molecule has 0 aliphatic carbocycles. The lowest BCUT2D eigenvalue weighted by molar-refractivity contribution is 0.249. The molecule has 0 atom stereocenters. The van der Waals surface area contributed by atoms with E-state index in [1.54, 1.807) is 6.07 Å². The van der Waals surface area contributed by atoms with E-state index in [0.717, 1.165) is 0 Å². The van der Waals surface area contributed by atoms with Crippen LogP contribution in [0.25, 0.3) is 0 Å². The van der Waals surface area contributed by atoms with Crippen LogP contribution in [0.3, 0.4) is 0 Å². The summed E-state index contributed by atoms with van der Waals surface area (Å²) >= 11 is 0. The van der Waals surface area contributed by atoms with E-state index in [4.69, 9.17) is 10.5 Å². The van der Waals surface area contributed by atoms with Crippen molar-refractivity contribution in [3.05, 3.63) is 29.6 Å². The smallest absolute Gasteiger partial charge is 0.332 e. The fourth-order valence-electron chi connectivity index (χ4n) is 1.22. The van der Waals surface area contributed by atoms with Crippen molar-refractivity contribution in [2.45, 2.75) is 6.92 Å². The number of nitrogens with one attached hydrogen (secondary N) is 1. The zero-order valence-electron chi connectivity index (χ0n) is 8.95. The number of rotatable bonds is 3. The summed E-state index contributed by atoms with van der Waals surface area (Å²) in [6.07, 6.45) is 0. The molecule has 0 spiro atoms. The highest BCUT2D eigenvalue weighted by Gasteiger charge is 2.12. The number of primary amides is 1. The second kappa shape index (κ2) is 5.11. The van der Waals surface area contributed by atoms with Gasteiger partial charge in [-0.25, -0.2) is 14.6 Å². The molecule has 0 saturated heterocycles. The van der Waals surface area contributed by atoms with Crippen LogP contribution in [-0.2, 0) is 0 Å². The highest BCUT2D eigenvalue weighted by atomic mass is 19.1. The van der Waals surface area contributed by atoms with Gasteiger partial charge in [0, 0.05) is 0 Å². The summed E-state index contributed by atoms with van der Waals surface area (Å²) < 4.78 is 18.5. The third-order valence-corrected chi connectivity index (χ3v) is 1.89. The van der Waals surface area contributed by atoms with Gasteiger partial charge in [-0.1, -0.05) is 6.07 Å². The number of hydrogen-bond donors (Lipinski definition) is 2. The summed E-state index contributed by atoms with van der Waals surface area (Å²) in [7, 11) is 1.42. The normalized spacial score (nSPS) is 11.1. The van der Waals surface area contributed by atoms with Crippen molar-refractivity contribution >= 4 is 11.7 Å². The first-order valence-electron chi connectivity index (χ1n) is 4.49. The fourth-order valence-corrected chi connectivity index (χ4v) is 1.22. The zero-order chi connectivity index (χ0) is 12.1. The van der Waals surface area contributed by atoms with E-state index < -0.39 is 11.8 Å². The number of amides is 2. The second-order valence-electron chi connectivity index (χ2n) is 2.99. The van der Waals surface area contributed by atoms with Gasteiger partial charge < -0.3 is 10.5 Å². The Morgan fingerprint density at radius 3 is 2.81 bits per heavy atom. The molecule has 6 heteroatoms. The lowest BCUT2D eigenvalue weighted by Gasteiger charge is -2.08. The number of ether oxygens (including phenoxy) is 1. The fraction of sp³-hybridized carbons (Fsp3) is 0.200. The van der Waals surface area contributed by atoms with Crippen LogP contribution in [0.15, 0.2) is 23.3 Å². The van der Waals surface area contributed by atoms with Gasteiger partial charge in [0.05, 0.1) is 18.4 Å². The van der Waals surface area contributed by atoms with Crippen LogP contribution in [0.4, 0.5) is 9.18 Å². The van der Waals surface area contributed by atoms with Crippen LogP contribution in [0.5, 0.6) is 5.75 Å². The molecule has 3 N–H and O–H groups in total. The monoisotopic (exact) mass is 225 g/mol. The topological polar surface area (TPSA) is 76.7 Å². The molecule has 16 heavy (non-hydrogen) atoms. The van der Waals surface area contributed by atoms with Gasteiger partial charge in [-0.05, 0) is 19.1 Å². The van der Waals surface area contributed by atoms with Crippen molar-refractivity contribution in [1.29, 1.82) is 0 Å². The number of hydrogen-bond acceptors (Lipinski definition) is 3. The Labute approximate surface area is 92.1 Å². The highest BCUT2D eigenvalue weighted by Crippen LogP contribution is 2.21. The molecule has 0 unspecified atom stereocenters. The van der Waals surface area contributed by atoms with Gasteiger partial charge in [-0.15, -0.1) is 0 Å². The number of methoxy groups -OCH3 is 1. The predicted molar refractivity (Wildman–Crippen MR) is 57.9 cm³/mol. The van der Waals surface area contributed by atoms with E-state index >= 15 is 0 Å². The molecule has 5 nitrogen and oxygen atoms in total. The molecule has 0 saturated carbocycles. The summed E-state index contributed by atoms with van der Waals surface area (Å²) in [6, 6.07) is 3.59. The van der Waals surface area contributed by atoms with Crippen LogP contribution in [-0.4, -0.2) is 18.9 Å². The molecule has 1 aromatic rings. The van der Waals surface area contributed by atoms with Gasteiger partial charge in [0.1, 0.15) is 11.6 Å². The number of carbonyl (C=O) groups excluding carboxylic acids is 1. The zero-order valence-corrected chi connectivity index (χ0v) is 8.95. The van der Waals surface area contributed by atoms with E-state index in [9.17, 15) is 9.18 Å². The van der Waals surface area contributed by atoms with Gasteiger partial charge in [-0.3, -0.25) is 0 Å². The molecule has 0 aliphatic rings. The molecule has 0 radical (unpaired) electrons. The van der Waals surface area contributed by atoms with Crippen LogP contribution in [0, 0.1) is 5.82 Å². The van der Waals surface area contributed by atoms with Crippen molar-refractivity contribution in [2.24, 2.45) is 10.8 Å². The van der Waals surface area contributed by atoms with Gasteiger partial charge >= 0.3 is 6.03 Å². The standard InChI is InChI=1S/C10H12FN3O2/c1-6(13-14-10(12)15)9-7(11)4-3-5-8(9)16-2/h3-5H,1-2H3,(H3,12,14,15)/b13-6+. The number of urea groups is 1. The van der Waals surface area contributed by atoms with Crippen LogP contribution in [0.1, 0.15) is 12.5 Å². The molecule has 0 heterocycles. The molecule has 0 aromatic heterocycles. The Kier molecular flexibility index (Phi) is 3.82. The Morgan fingerprint density at radius 2 is 2.25 bits per heavy atom. The molecule has 1 aromatic carbocycles. The highest BCUT2D eigenvalue weighted by molar-refractivity contribution is 6.01. The summed E-state index contributed by atoms with van der Waals surface area (Å²) in [4.78, 5) is 10.5. The predicted octanol–water partition coefficient (Wildman–Crippen LogP) is 1.23. The molecular weight excluding hydrogens is 213 g/mol. The third-order valence-electron chi connectivity index (χ3n) is 1.89. The lowest BCUT2D eigenvalue weighted by atomic mass is 10.1. The van der Waals surface area contributed by atoms with Crippen molar-refractivity contribution in [1.82, 2.24) is 5.43 Å². The van der Waals surface area contributed by atoms with Crippen LogP contribution < -0.4 is 15.9 Å². The minimum absolute atomic E-state index is 0.193. The number of halogens is 1. The van der Waals surface area contributed by atoms with Crippen molar-refractivity contribution in [3.8, 4) is 5.75 Å². The first-order chi connectivity index (χ1) is 7.56. The molecular formula is C10H12FN3O2. The Hall–Kier alpha value is -2.11. The third kappa shape index (κ3) is 2.69. The maximum absolute atomic E-state index is 13.5. The van der Waals surface area contributed by atoms with Crippen LogP contribution >= 0.6 is 0 Å². The average molecular weight is 225 g/mol. The quantitative estimate of drug-likeness (QED) is 0.599. The lowest BCUT2D eigenvalue weighted by Crippen LogP contribution is -2.25. The molecule has 1 rings (SSSR count). The van der Waals surface area contributed by atoms with Gasteiger partial charge in [0.25, 0.3) is 0 Å². The van der Waals surface area contributed by atoms with E-state index in [1.807, 2.05) is 5.43 Å². The second-order valence-corrected chi connectivity index (χ2v) is 2.99. The summed E-state index contributed by atoms with van der Waals surface area (Å²) in [6.45, 7) is 1.54. The summed E-state index contributed by atoms with van der Waals surface area (Å²) in [5.41, 5.74) is 7.34. The Bertz CT molecular complexity index is 432.